The molecule has 2 heterocycles. The van der Waals surface area contributed by atoms with E-state index >= 15 is 0 Å². The number of aryl methyl sites for hydroxylation is 1. The third-order valence-electron chi connectivity index (χ3n) is 5.13. The highest BCUT2D eigenvalue weighted by Gasteiger charge is 2.28. The number of benzene rings is 2. The molecule has 0 bridgehead atoms. The van der Waals surface area contributed by atoms with Gasteiger partial charge in [-0.1, -0.05) is 42.0 Å². The Kier molecular flexibility index (Phi) is 4.97. The van der Waals surface area contributed by atoms with E-state index in [0.29, 0.717) is 6.54 Å². The molecule has 136 valence electrons. The molecule has 1 amide bonds. The molecule has 3 aromatic rings. The zero-order valence-electron chi connectivity index (χ0n) is 15.5. The highest BCUT2D eigenvalue weighted by Crippen LogP contribution is 2.32. The van der Waals surface area contributed by atoms with E-state index in [1.165, 1.54) is 5.56 Å². The van der Waals surface area contributed by atoms with Crippen LogP contribution in [0.5, 0.6) is 0 Å². The van der Waals surface area contributed by atoms with Gasteiger partial charge in [0.05, 0.1) is 11.4 Å². The molecule has 1 aliphatic heterocycles. The molecule has 4 nitrogen and oxygen atoms in total. The van der Waals surface area contributed by atoms with E-state index < -0.39 is 0 Å². The molecule has 0 N–H and O–H groups in total. The lowest BCUT2D eigenvalue weighted by atomic mass is 9.91. The van der Waals surface area contributed by atoms with Crippen molar-refractivity contribution in [3.8, 4) is 11.3 Å². The molecule has 4 rings (SSSR count). The Balaban J connectivity index is 1.62. The van der Waals surface area contributed by atoms with Gasteiger partial charge < -0.3 is 4.90 Å². The van der Waals surface area contributed by atoms with Crippen LogP contribution >= 0.6 is 0 Å². The molecule has 1 atom stereocenters. The number of piperidine rings is 1. The first-order chi connectivity index (χ1) is 13.2. The van der Waals surface area contributed by atoms with Crippen LogP contribution < -0.4 is 0 Å². The molecule has 1 unspecified atom stereocenters. The number of hydrogen-bond acceptors (Lipinski definition) is 3. The summed E-state index contributed by atoms with van der Waals surface area (Å²) >= 11 is 0. The average Bonchev–Trinajstić information content (AvgIpc) is 2.74. The Morgan fingerprint density at radius 1 is 1.04 bits per heavy atom. The normalized spacial score (nSPS) is 16.9. The van der Waals surface area contributed by atoms with Crippen LogP contribution in [0.3, 0.4) is 0 Å². The molecule has 1 aliphatic rings. The summed E-state index contributed by atoms with van der Waals surface area (Å²) in [6, 6.07) is 17.9. The van der Waals surface area contributed by atoms with E-state index in [1.807, 2.05) is 35.2 Å². The summed E-state index contributed by atoms with van der Waals surface area (Å²) in [5.41, 5.74) is 4.96. The highest BCUT2D eigenvalue weighted by atomic mass is 16.2. The molecule has 0 radical (unpaired) electrons. The number of carbonyl (C=O) groups is 1. The molecule has 0 spiro atoms. The number of likely N-dealkylation sites (tertiary alicyclic amines) is 1. The van der Waals surface area contributed by atoms with Crippen LogP contribution in [0.2, 0.25) is 0 Å². The van der Waals surface area contributed by atoms with Crippen molar-refractivity contribution in [1.29, 1.82) is 0 Å². The highest BCUT2D eigenvalue weighted by molar-refractivity contribution is 5.94. The lowest BCUT2D eigenvalue weighted by Crippen LogP contribution is -2.39. The zero-order chi connectivity index (χ0) is 18.6. The van der Waals surface area contributed by atoms with Gasteiger partial charge in [-0.3, -0.25) is 14.8 Å². The standard InChI is InChI=1S/C23H23N3O/c1-17-7-5-10-19(15-17)21-22(25-13-12-24-21)20-11-6-14-26(16-20)23(27)18-8-3-2-4-9-18/h2-5,7-10,12-13,15,20H,6,11,14,16H2,1H3. The van der Waals surface area contributed by atoms with Gasteiger partial charge >= 0.3 is 0 Å². The van der Waals surface area contributed by atoms with Crippen molar-refractivity contribution in [2.75, 3.05) is 13.1 Å². The fourth-order valence-corrected chi connectivity index (χ4v) is 3.81. The van der Waals surface area contributed by atoms with E-state index in [-0.39, 0.29) is 11.8 Å². The minimum absolute atomic E-state index is 0.0984. The molecule has 1 aromatic heterocycles. The van der Waals surface area contributed by atoms with E-state index in [4.69, 9.17) is 0 Å². The number of aromatic nitrogens is 2. The van der Waals surface area contributed by atoms with Crippen LogP contribution in [0, 0.1) is 6.92 Å². The summed E-state index contributed by atoms with van der Waals surface area (Å²) in [5, 5.41) is 0. The van der Waals surface area contributed by atoms with E-state index in [0.717, 1.165) is 41.9 Å². The number of nitrogens with zero attached hydrogens (tertiary/aromatic N) is 3. The predicted octanol–water partition coefficient (Wildman–Crippen LogP) is 4.47. The number of amides is 1. The SMILES string of the molecule is Cc1cccc(-c2nccnc2C2CCCN(C(=O)c3ccccc3)C2)c1. The van der Waals surface area contributed by atoms with E-state index in [9.17, 15) is 4.79 Å². The molecular formula is C23H23N3O. The molecular weight excluding hydrogens is 334 g/mol. The van der Waals surface area contributed by atoms with Gasteiger partial charge in [-0.2, -0.15) is 0 Å². The fraction of sp³-hybridized carbons (Fsp3) is 0.261. The van der Waals surface area contributed by atoms with Crippen LogP contribution in [0.25, 0.3) is 11.3 Å². The monoisotopic (exact) mass is 357 g/mol. The van der Waals surface area contributed by atoms with Crippen molar-refractivity contribution >= 4 is 5.91 Å². The second-order valence-corrected chi connectivity index (χ2v) is 7.12. The van der Waals surface area contributed by atoms with Gasteiger partial charge in [0, 0.05) is 42.5 Å². The van der Waals surface area contributed by atoms with Crippen LogP contribution in [-0.4, -0.2) is 33.9 Å². The van der Waals surface area contributed by atoms with Crippen molar-refractivity contribution in [2.45, 2.75) is 25.7 Å². The maximum atomic E-state index is 12.9. The Labute approximate surface area is 159 Å². The lowest BCUT2D eigenvalue weighted by molar-refractivity contribution is 0.0706. The maximum Gasteiger partial charge on any atom is 0.253 e. The molecule has 2 aromatic carbocycles. The van der Waals surface area contributed by atoms with Gasteiger partial charge in [-0.25, -0.2) is 0 Å². The first kappa shape index (κ1) is 17.4. The van der Waals surface area contributed by atoms with Crippen molar-refractivity contribution in [3.05, 3.63) is 83.8 Å². The molecule has 1 fully saturated rings. The molecule has 0 saturated carbocycles. The van der Waals surface area contributed by atoms with Gasteiger partial charge in [0.2, 0.25) is 0 Å². The number of hydrogen-bond donors (Lipinski definition) is 0. The first-order valence-corrected chi connectivity index (χ1v) is 9.44. The van der Waals surface area contributed by atoms with Crippen LogP contribution in [0.1, 0.15) is 40.4 Å². The summed E-state index contributed by atoms with van der Waals surface area (Å²) < 4.78 is 0. The summed E-state index contributed by atoms with van der Waals surface area (Å²) in [6.07, 6.45) is 5.51. The Hall–Kier alpha value is -3.01. The topological polar surface area (TPSA) is 46.1 Å². The lowest BCUT2D eigenvalue weighted by Gasteiger charge is -2.33. The van der Waals surface area contributed by atoms with Crippen molar-refractivity contribution in [1.82, 2.24) is 14.9 Å². The Bertz CT molecular complexity index is 939. The first-order valence-electron chi connectivity index (χ1n) is 9.44. The van der Waals surface area contributed by atoms with Crippen molar-refractivity contribution < 1.29 is 4.79 Å². The van der Waals surface area contributed by atoms with E-state index in [1.54, 1.807) is 12.4 Å². The van der Waals surface area contributed by atoms with Gasteiger partial charge in [0.15, 0.2) is 0 Å². The quantitative estimate of drug-likeness (QED) is 0.695. The fourth-order valence-electron chi connectivity index (χ4n) is 3.81. The minimum atomic E-state index is 0.0984. The average molecular weight is 357 g/mol. The minimum Gasteiger partial charge on any atom is -0.338 e. The van der Waals surface area contributed by atoms with Gasteiger partial charge in [-0.15, -0.1) is 0 Å². The Morgan fingerprint density at radius 2 is 1.85 bits per heavy atom. The molecule has 0 aliphatic carbocycles. The summed E-state index contributed by atoms with van der Waals surface area (Å²) in [5.74, 6) is 0.303. The summed E-state index contributed by atoms with van der Waals surface area (Å²) in [4.78, 5) is 24.1. The molecule has 27 heavy (non-hydrogen) atoms. The molecule has 4 heteroatoms. The third kappa shape index (κ3) is 3.75. The second kappa shape index (κ2) is 7.70. The maximum absolute atomic E-state index is 12.9. The number of rotatable bonds is 3. The van der Waals surface area contributed by atoms with Gasteiger partial charge in [0.1, 0.15) is 0 Å². The van der Waals surface area contributed by atoms with Crippen LogP contribution in [0.4, 0.5) is 0 Å². The number of carbonyl (C=O) groups excluding carboxylic acids is 1. The van der Waals surface area contributed by atoms with Crippen LogP contribution in [0.15, 0.2) is 67.0 Å². The zero-order valence-corrected chi connectivity index (χ0v) is 15.5. The van der Waals surface area contributed by atoms with E-state index in [2.05, 4.69) is 41.2 Å². The van der Waals surface area contributed by atoms with Crippen LogP contribution in [-0.2, 0) is 0 Å². The third-order valence-corrected chi connectivity index (χ3v) is 5.13. The summed E-state index contributed by atoms with van der Waals surface area (Å²) in [6.45, 7) is 3.57. The molecule has 1 saturated heterocycles. The van der Waals surface area contributed by atoms with Gasteiger partial charge in [-0.05, 0) is 38.0 Å². The second-order valence-electron chi connectivity index (χ2n) is 7.12. The van der Waals surface area contributed by atoms with Crippen molar-refractivity contribution in [2.24, 2.45) is 0 Å². The Morgan fingerprint density at radius 3 is 2.67 bits per heavy atom. The van der Waals surface area contributed by atoms with Crippen molar-refractivity contribution in [3.63, 3.8) is 0 Å². The van der Waals surface area contributed by atoms with Gasteiger partial charge in [0.25, 0.3) is 5.91 Å². The largest absolute Gasteiger partial charge is 0.338 e. The predicted molar refractivity (Wildman–Crippen MR) is 107 cm³/mol. The smallest absolute Gasteiger partial charge is 0.253 e. The summed E-state index contributed by atoms with van der Waals surface area (Å²) in [7, 11) is 0.